The highest BCUT2D eigenvalue weighted by molar-refractivity contribution is 6.05. The van der Waals surface area contributed by atoms with Crippen molar-refractivity contribution in [1.82, 2.24) is 9.78 Å². The second kappa shape index (κ2) is 6.82. The number of hydrogen-bond donors (Lipinski definition) is 1. The van der Waals surface area contributed by atoms with Crippen molar-refractivity contribution in [3.63, 3.8) is 0 Å². The van der Waals surface area contributed by atoms with Crippen LogP contribution < -0.4 is 5.32 Å². The molecule has 0 bridgehead atoms. The predicted octanol–water partition coefficient (Wildman–Crippen LogP) is 3.86. The Morgan fingerprint density at radius 2 is 2.04 bits per heavy atom. The Morgan fingerprint density at radius 1 is 1.29 bits per heavy atom. The van der Waals surface area contributed by atoms with Crippen molar-refractivity contribution < 1.29 is 9.72 Å². The van der Waals surface area contributed by atoms with Crippen molar-refractivity contribution in [1.29, 1.82) is 0 Å². The molecule has 0 saturated heterocycles. The Balaban J connectivity index is 1.82. The van der Waals surface area contributed by atoms with E-state index in [9.17, 15) is 14.9 Å². The van der Waals surface area contributed by atoms with Gasteiger partial charge < -0.3 is 5.32 Å². The second-order valence-corrected chi connectivity index (χ2v) is 6.11. The minimum atomic E-state index is -0.474. The number of carbonyl (C=O) groups is 1. The number of nitro groups is 1. The first-order valence-corrected chi connectivity index (χ1v) is 8.17. The number of rotatable bonds is 4. The van der Waals surface area contributed by atoms with Crippen LogP contribution in [-0.2, 0) is 0 Å². The highest BCUT2D eigenvalue weighted by atomic mass is 16.6. The van der Waals surface area contributed by atoms with Gasteiger partial charge in [-0.1, -0.05) is 25.3 Å². The van der Waals surface area contributed by atoms with Gasteiger partial charge in [-0.25, -0.2) is 4.68 Å². The maximum Gasteiger partial charge on any atom is 0.273 e. The van der Waals surface area contributed by atoms with E-state index in [1.54, 1.807) is 25.3 Å². The molecule has 7 nitrogen and oxygen atoms in total. The van der Waals surface area contributed by atoms with E-state index in [4.69, 9.17) is 0 Å². The molecule has 1 fully saturated rings. The summed E-state index contributed by atoms with van der Waals surface area (Å²) in [6.45, 7) is 1.59. The van der Waals surface area contributed by atoms with Gasteiger partial charge in [-0.15, -0.1) is 0 Å². The smallest absolute Gasteiger partial charge is 0.273 e. The fourth-order valence-electron chi connectivity index (χ4n) is 3.28. The molecule has 2 aromatic rings. The largest absolute Gasteiger partial charge is 0.307 e. The third kappa shape index (κ3) is 3.15. The van der Waals surface area contributed by atoms with Crippen LogP contribution in [0.25, 0.3) is 0 Å². The van der Waals surface area contributed by atoms with E-state index in [2.05, 4.69) is 10.4 Å². The molecule has 1 heterocycles. The number of benzene rings is 1. The first-order chi connectivity index (χ1) is 11.6. The standard InChI is InChI=1S/C17H20N4O3/c1-12-14(8-5-9-15(12)21(23)24)17(22)19-16-10-11-18-20(16)13-6-3-2-4-7-13/h5,8-11,13H,2-4,6-7H2,1H3,(H,19,22). The van der Waals surface area contributed by atoms with Crippen LogP contribution in [0.5, 0.6) is 0 Å². The summed E-state index contributed by atoms with van der Waals surface area (Å²) < 4.78 is 1.86. The van der Waals surface area contributed by atoms with E-state index in [1.807, 2.05) is 4.68 Å². The maximum atomic E-state index is 12.6. The number of anilines is 1. The average Bonchev–Trinajstić information content (AvgIpc) is 3.03. The third-order valence-electron chi connectivity index (χ3n) is 4.58. The summed E-state index contributed by atoms with van der Waals surface area (Å²) in [5, 5.41) is 18.2. The average molecular weight is 328 g/mol. The number of nitro benzene ring substituents is 1. The summed E-state index contributed by atoms with van der Waals surface area (Å²) in [4.78, 5) is 23.1. The van der Waals surface area contributed by atoms with Gasteiger partial charge in [0.25, 0.3) is 11.6 Å². The summed E-state index contributed by atoms with van der Waals surface area (Å²) in [6, 6.07) is 6.59. The van der Waals surface area contributed by atoms with E-state index in [0.29, 0.717) is 23.0 Å². The van der Waals surface area contributed by atoms with Crippen LogP contribution in [0.15, 0.2) is 30.5 Å². The highest BCUT2D eigenvalue weighted by Gasteiger charge is 2.21. The Hall–Kier alpha value is -2.70. The van der Waals surface area contributed by atoms with Gasteiger partial charge in [0.2, 0.25) is 0 Å². The van der Waals surface area contributed by atoms with Crippen molar-refractivity contribution in [2.75, 3.05) is 5.32 Å². The lowest BCUT2D eigenvalue weighted by atomic mass is 9.96. The molecule has 1 aromatic heterocycles. The van der Waals surface area contributed by atoms with Gasteiger partial charge in [0.1, 0.15) is 5.82 Å². The van der Waals surface area contributed by atoms with Gasteiger partial charge >= 0.3 is 0 Å². The van der Waals surface area contributed by atoms with Crippen LogP contribution in [-0.4, -0.2) is 20.6 Å². The number of nitrogens with one attached hydrogen (secondary N) is 1. The third-order valence-corrected chi connectivity index (χ3v) is 4.58. The number of aromatic nitrogens is 2. The zero-order valence-corrected chi connectivity index (χ0v) is 13.6. The fraction of sp³-hybridized carbons (Fsp3) is 0.412. The van der Waals surface area contributed by atoms with Gasteiger partial charge in [0.05, 0.1) is 17.2 Å². The zero-order valence-electron chi connectivity index (χ0n) is 13.6. The Labute approximate surface area is 139 Å². The topological polar surface area (TPSA) is 90.1 Å². The van der Waals surface area contributed by atoms with Crippen molar-refractivity contribution in [3.8, 4) is 0 Å². The lowest BCUT2D eigenvalue weighted by Crippen LogP contribution is -2.21. The molecule has 24 heavy (non-hydrogen) atoms. The molecule has 1 aromatic carbocycles. The molecule has 0 radical (unpaired) electrons. The van der Waals surface area contributed by atoms with Crippen LogP contribution in [0.2, 0.25) is 0 Å². The molecule has 0 unspecified atom stereocenters. The Morgan fingerprint density at radius 3 is 2.75 bits per heavy atom. The van der Waals surface area contributed by atoms with Crippen molar-refractivity contribution in [3.05, 3.63) is 51.7 Å². The molecule has 0 aliphatic heterocycles. The summed E-state index contributed by atoms with van der Waals surface area (Å²) >= 11 is 0. The van der Waals surface area contributed by atoms with E-state index < -0.39 is 4.92 Å². The van der Waals surface area contributed by atoms with Crippen LogP contribution in [0.4, 0.5) is 11.5 Å². The Bertz CT molecular complexity index is 763. The fourth-order valence-corrected chi connectivity index (χ4v) is 3.28. The second-order valence-electron chi connectivity index (χ2n) is 6.11. The van der Waals surface area contributed by atoms with Crippen LogP contribution in [0.1, 0.15) is 54.1 Å². The first kappa shape index (κ1) is 16.2. The zero-order chi connectivity index (χ0) is 17.1. The van der Waals surface area contributed by atoms with Crippen molar-refractivity contribution in [2.45, 2.75) is 45.1 Å². The predicted molar refractivity (Wildman–Crippen MR) is 90.1 cm³/mol. The molecule has 1 amide bonds. The molecule has 1 aliphatic carbocycles. The van der Waals surface area contributed by atoms with Gasteiger partial charge in [-0.05, 0) is 25.8 Å². The molecule has 7 heteroatoms. The van der Waals surface area contributed by atoms with Crippen LogP contribution >= 0.6 is 0 Å². The molecule has 1 N–H and O–H groups in total. The quantitative estimate of drug-likeness (QED) is 0.681. The minimum absolute atomic E-state index is 0.0524. The number of nitrogens with zero attached hydrogens (tertiary/aromatic N) is 3. The molecule has 0 spiro atoms. The molecular weight excluding hydrogens is 308 g/mol. The van der Waals surface area contributed by atoms with E-state index in [1.165, 1.54) is 31.4 Å². The number of amides is 1. The van der Waals surface area contributed by atoms with Gasteiger partial charge in [0, 0.05) is 23.3 Å². The summed E-state index contributed by atoms with van der Waals surface area (Å²) in [6.07, 6.45) is 7.36. The van der Waals surface area contributed by atoms with E-state index >= 15 is 0 Å². The summed E-state index contributed by atoms with van der Waals surface area (Å²) in [5.41, 5.74) is 0.618. The van der Waals surface area contributed by atoms with Gasteiger partial charge in [-0.2, -0.15) is 5.10 Å². The molecule has 126 valence electrons. The first-order valence-electron chi connectivity index (χ1n) is 8.17. The summed E-state index contributed by atoms with van der Waals surface area (Å²) in [5.74, 6) is 0.284. The van der Waals surface area contributed by atoms with Crippen LogP contribution in [0.3, 0.4) is 0 Å². The monoisotopic (exact) mass is 328 g/mol. The lowest BCUT2D eigenvalue weighted by Gasteiger charge is -2.24. The molecule has 3 rings (SSSR count). The van der Waals surface area contributed by atoms with Gasteiger partial charge in [-0.3, -0.25) is 14.9 Å². The Kier molecular flexibility index (Phi) is 4.59. The summed E-state index contributed by atoms with van der Waals surface area (Å²) in [7, 11) is 0. The van der Waals surface area contributed by atoms with Crippen molar-refractivity contribution >= 4 is 17.4 Å². The lowest BCUT2D eigenvalue weighted by molar-refractivity contribution is -0.385. The molecule has 1 aliphatic rings. The van der Waals surface area contributed by atoms with Crippen LogP contribution in [0, 0.1) is 17.0 Å². The molecular formula is C17H20N4O3. The minimum Gasteiger partial charge on any atom is -0.307 e. The number of carbonyl (C=O) groups excluding carboxylic acids is 1. The number of hydrogen-bond acceptors (Lipinski definition) is 4. The van der Waals surface area contributed by atoms with E-state index in [-0.39, 0.29) is 11.6 Å². The molecule has 0 atom stereocenters. The van der Waals surface area contributed by atoms with Crippen molar-refractivity contribution in [2.24, 2.45) is 0 Å². The maximum absolute atomic E-state index is 12.6. The SMILES string of the molecule is Cc1c(C(=O)Nc2ccnn2C2CCCCC2)cccc1[N+](=O)[O-]. The highest BCUT2D eigenvalue weighted by Crippen LogP contribution is 2.30. The van der Waals surface area contributed by atoms with Gasteiger partial charge in [0.15, 0.2) is 0 Å². The van der Waals surface area contributed by atoms with E-state index in [0.717, 1.165) is 12.8 Å². The molecule has 1 saturated carbocycles. The normalized spacial score (nSPS) is 15.2.